The Labute approximate surface area is 192 Å². The van der Waals surface area contributed by atoms with Crippen molar-refractivity contribution in [1.29, 1.82) is 0 Å². The molecule has 5 rings (SSSR count). The Balaban J connectivity index is 0.00000231. The van der Waals surface area contributed by atoms with Gasteiger partial charge < -0.3 is 4.74 Å². The van der Waals surface area contributed by atoms with Crippen LogP contribution in [0.1, 0.15) is 41.5 Å². The van der Waals surface area contributed by atoms with Crippen LogP contribution in [0.4, 0.5) is 0 Å². The Morgan fingerprint density at radius 3 is 2.19 bits per heavy atom. The molecule has 31 heavy (non-hydrogen) atoms. The summed E-state index contributed by atoms with van der Waals surface area (Å²) < 4.78 is 6.03. The number of fused-ring (bicyclic) bond motifs is 1. The van der Waals surface area contributed by atoms with Crippen LogP contribution in [0, 0.1) is 0 Å². The number of aryl methyl sites for hydroxylation is 1. The summed E-state index contributed by atoms with van der Waals surface area (Å²) in [5, 5.41) is 0. The normalized spacial score (nSPS) is 16.0. The van der Waals surface area contributed by atoms with Gasteiger partial charge in [-0.1, -0.05) is 66.7 Å². The predicted octanol–water partition coefficient (Wildman–Crippen LogP) is 6.49. The number of nitrogens with zero attached hydrogens (tertiary/aromatic N) is 1. The lowest BCUT2D eigenvalue weighted by Gasteiger charge is -2.24. The van der Waals surface area contributed by atoms with Crippen LogP contribution in [0.15, 0.2) is 78.9 Å². The van der Waals surface area contributed by atoms with E-state index in [4.69, 9.17) is 4.74 Å². The van der Waals surface area contributed by atoms with Gasteiger partial charge in [0.05, 0.1) is 0 Å². The first kappa shape index (κ1) is 21.7. The molecule has 0 aromatic heterocycles. The van der Waals surface area contributed by atoms with Crippen LogP contribution in [0.3, 0.4) is 0 Å². The van der Waals surface area contributed by atoms with E-state index >= 15 is 0 Å². The van der Waals surface area contributed by atoms with Gasteiger partial charge in [-0.3, -0.25) is 4.90 Å². The minimum absolute atomic E-state index is 0. The number of halogens is 1. The summed E-state index contributed by atoms with van der Waals surface area (Å²) in [6.07, 6.45) is 4.83. The molecule has 1 saturated heterocycles. The molecular formula is C28H30ClNO. The summed E-state index contributed by atoms with van der Waals surface area (Å²) in [5.41, 5.74) is 8.22. The average Bonchev–Trinajstić information content (AvgIpc) is 3.33. The summed E-state index contributed by atoms with van der Waals surface area (Å²) in [6.45, 7) is 4.23. The van der Waals surface area contributed by atoms with Gasteiger partial charge >= 0.3 is 0 Å². The fourth-order valence-corrected chi connectivity index (χ4v) is 4.80. The quantitative estimate of drug-likeness (QED) is 0.442. The Bertz CT molecular complexity index is 1020. The highest BCUT2D eigenvalue weighted by molar-refractivity contribution is 6.00. The third-order valence-corrected chi connectivity index (χ3v) is 6.37. The lowest BCUT2D eigenvalue weighted by atomic mass is 9.80. The van der Waals surface area contributed by atoms with Crippen LogP contribution in [-0.4, -0.2) is 31.1 Å². The van der Waals surface area contributed by atoms with Gasteiger partial charge in [0.1, 0.15) is 12.4 Å². The molecule has 1 heterocycles. The van der Waals surface area contributed by atoms with E-state index < -0.39 is 0 Å². The molecule has 3 aromatic carbocycles. The highest BCUT2D eigenvalue weighted by atomic mass is 35.5. The maximum Gasteiger partial charge on any atom is 0.119 e. The van der Waals surface area contributed by atoms with Crippen molar-refractivity contribution < 1.29 is 4.74 Å². The second-order valence-electron chi connectivity index (χ2n) is 8.30. The topological polar surface area (TPSA) is 12.5 Å². The predicted molar refractivity (Wildman–Crippen MR) is 132 cm³/mol. The molecule has 1 aliphatic carbocycles. The molecule has 1 aliphatic heterocycles. The van der Waals surface area contributed by atoms with Gasteiger partial charge in [-0.05, 0) is 84.3 Å². The maximum atomic E-state index is 6.03. The zero-order chi connectivity index (χ0) is 20.2. The standard InChI is InChI=1S/C28H29NO.ClH/c1-2-8-22(9-3-1)27-17-14-23-10-4-5-11-26(23)28(27)24-12-15-25(16-13-24)30-21-20-29-18-6-7-19-29;/h1-5,8-13,15-16H,6-7,14,17-21H2;1H. The van der Waals surface area contributed by atoms with E-state index in [1.54, 1.807) is 0 Å². The van der Waals surface area contributed by atoms with Crippen LogP contribution in [-0.2, 0) is 6.42 Å². The van der Waals surface area contributed by atoms with E-state index in [1.165, 1.54) is 59.3 Å². The lowest BCUT2D eigenvalue weighted by Crippen LogP contribution is -2.25. The van der Waals surface area contributed by atoms with E-state index in [9.17, 15) is 0 Å². The summed E-state index contributed by atoms with van der Waals surface area (Å²) >= 11 is 0. The Kier molecular flexibility index (Phi) is 7.11. The fourth-order valence-electron chi connectivity index (χ4n) is 4.80. The van der Waals surface area contributed by atoms with Gasteiger partial charge in [0, 0.05) is 6.54 Å². The molecule has 1 fully saturated rings. The van der Waals surface area contributed by atoms with Gasteiger partial charge in [-0.15, -0.1) is 12.4 Å². The van der Waals surface area contributed by atoms with Crippen LogP contribution in [0.5, 0.6) is 5.75 Å². The first-order valence-electron chi connectivity index (χ1n) is 11.2. The Morgan fingerprint density at radius 1 is 0.710 bits per heavy atom. The summed E-state index contributed by atoms with van der Waals surface area (Å²) in [5.74, 6) is 0.962. The molecule has 2 aliphatic rings. The molecule has 0 unspecified atom stereocenters. The highest BCUT2D eigenvalue weighted by Gasteiger charge is 2.21. The Hall–Kier alpha value is -2.55. The number of hydrogen-bond donors (Lipinski definition) is 0. The summed E-state index contributed by atoms with van der Waals surface area (Å²) in [6, 6.07) is 28.4. The van der Waals surface area contributed by atoms with Crippen molar-refractivity contribution in [2.75, 3.05) is 26.2 Å². The van der Waals surface area contributed by atoms with Crippen molar-refractivity contribution in [2.24, 2.45) is 0 Å². The van der Waals surface area contributed by atoms with Gasteiger partial charge in [-0.25, -0.2) is 0 Å². The van der Waals surface area contributed by atoms with Crippen LogP contribution < -0.4 is 4.74 Å². The first-order valence-corrected chi connectivity index (χ1v) is 11.2. The monoisotopic (exact) mass is 431 g/mol. The second-order valence-corrected chi connectivity index (χ2v) is 8.30. The van der Waals surface area contributed by atoms with Gasteiger partial charge in [0.25, 0.3) is 0 Å². The Morgan fingerprint density at radius 2 is 1.42 bits per heavy atom. The third-order valence-electron chi connectivity index (χ3n) is 6.37. The zero-order valence-electron chi connectivity index (χ0n) is 17.9. The lowest BCUT2D eigenvalue weighted by molar-refractivity contribution is 0.238. The molecule has 0 bridgehead atoms. The average molecular weight is 432 g/mol. The van der Waals surface area contributed by atoms with E-state index in [-0.39, 0.29) is 12.4 Å². The van der Waals surface area contributed by atoms with Crippen molar-refractivity contribution in [3.05, 3.63) is 101 Å². The minimum atomic E-state index is 0. The number of hydrogen-bond acceptors (Lipinski definition) is 2. The van der Waals surface area contributed by atoms with Crippen molar-refractivity contribution in [1.82, 2.24) is 4.90 Å². The van der Waals surface area contributed by atoms with E-state index in [0.29, 0.717) is 0 Å². The minimum Gasteiger partial charge on any atom is -0.492 e. The van der Waals surface area contributed by atoms with Crippen LogP contribution in [0.25, 0.3) is 11.1 Å². The molecule has 160 valence electrons. The highest BCUT2D eigenvalue weighted by Crippen LogP contribution is 2.40. The van der Waals surface area contributed by atoms with Crippen molar-refractivity contribution >= 4 is 23.6 Å². The smallest absolute Gasteiger partial charge is 0.119 e. The van der Waals surface area contributed by atoms with Crippen molar-refractivity contribution in [3.8, 4) is 5.75 Å². The first-order chi connectivity index (χ1) is 14.9. The van der Waals surface area contributed by atoms with E-state index in [2.05, 4.69) is 83.8 Å². The van der Waals surface area contributed by atoms with Crippen LogP contribution in [0.2, 0.25) is 0 Å². The van der Waals surface area contributed by atoms with Crippen molar-refractivity contribution in [3.63, 3.8) is 0 Å². The molecule has 2 nitrogen and oxygen atoms in total. The van der Waals surface area contributed by atoms with Crippen LogP contribution >= 0.6 is 12.4 Å². The molecule has 0 radical (unpaired) electrons. The third kappa shape index (κ3) is 4.87. The second kappa shape index (κ2) is 10.2. The van der Waals surface area contributed by atoms with E-state index in [1.807, 2.05) is 0 Å². The molecule has 0 spiro atoms. The number of rotatable bonds is 6. The molecule has 0 amide bonds. The molecule has 0 saturated carbocycles. The molecule has 3 heteroatoms. The number of allylic oxidation sites excluding steroid dienone is 1. The van der Waals surface area contributed by atoms with Crippen molar-refractivity contribution in [2.45, 2.75) is 25.7 Å². The maximum absolute atomic E-state index is 6.03. The summed E-state index contributed by atoms with van der Waals surface area (Å²) in [7, 11) is 0. The molecule has 0 atom stereocenters. The number of benzene rings is 3. The molecular weight excluding hydrogens is 402 g/mol. The zero-order valence-corrected chi connectivity index (χ0v) is 18.7. The van der Waals surface area contributed by atoms with Gasteiger partial charge in [-0.2, -0.15) is 0 Å². The largest absolute Gasteiger partial charge is 0.492 e. The fraction of sp³-hybridized carbons (Fsp3) is 0.286. The van der Waals surface area contributed by atoms with Gasteiger partial charge in [0.15, 0.2) is 0 Å². The SMILES string of the molecule is Cl.c1ccc(C2=C(c3ccc(OCCN4CCCC4)cc3)c3ccccc3CC2)cc1. The number of ether oxygens (including phenoxy) is 1. The molecule has 3 aromatic rings. The molecule has 0 N–H and O–H groups in total. The van der Waals surface area contributed by atoms with E-state index in [0.717, 1.165) is 31.7 Å². The summed E-state index contributed by atoms with van der Waals surface area (Å²) in [4.78, 5) is 2.49. The number of likely N-dealkylation sites (tertiary alicyclic amines) is 1. The van der Waals surface area contributed by atoms with Gasteiger partial charge in [0.2, 0.25) is 0 Å².